The molecule has 21 rings (SSSR count). The van der Waals surface area contributed by atoms with Crippen molar-refractivity contribution in [1.29, 1.82) is 0 Å². The third-order valence-electron chi connectivity index (χ3n) is 30.9. The molecule has 4 heteroatoms. The molecule has 21 aliphatic rings. The molecule has 0 aromatic rings. The molecule has 21 aliphatic heterocycles. The number of nitrogens with zero attached hydrogens (tertiary/aromatic N) is 2. The zero-order chi connectivity index (χ0) is 15.3. The molecule has 0 bridgehead atoms. The minimum atomic E-state index is -3.03. The summed E-state index contributed by atoms with van der Waals surface area (Å²) in [6.45, 7) is -3.30. The van der Waals surface area contributed by atoms with Gasteiger partial charge in [0.15, 0.2) is 0 Å². The fourth-order valence-corrected chi connectivity index (χ4v) is 182. The molecule has 0 aliphatic carbocycles. The van der Waals surface area contributed by atoms with Crippen molar-refractivity contribution in [2.45, 2.75) is 95.4 Å². The van der Waals surface area contributed by atoms with Crippen molar-refractivity contribution in [3.63, 3.8) is 0 Å². The molecule has 140 valence electrons. The first-order valence-corrected chi connectivity index (χ1v) is 25.1. The summed E-state index contributed by atoms with van der Waals surface area (Å²) in [7, 11) is 0. The summed E-state index contributed by atoms with van der Waals surface area (Å²) >= 11 is 0. The molecular weight excluding hydrogens is 416 g/mol. The Labute approximate surface area is 136 Å². The van der Waals surface area contributed by atoms with E-state index in [2.05, 4.69) is 4.90 Å². The molecular formula is C23H22Fe2N2. The van der Waals surface area contributed by atoms with Crippen molar-refractivity contribution in [2.75, 3.05) is 13.1 Å². The second-order valence-electron chi connectivity index (χ2n) is 20.7. The summed E-state index contributed by atoms with van der Waals surface area (Å²) in [4.78, 5) is 36.0. The molecule has 20 fully saturated rings. The van der Waals surface area contributed by atoms with Gasteiger partial charge in [0.25, 0.3) is 0 Å². The molecule has 20 saturated heterocycles. The van der Waals surface area contributed by atoms with Crippen molar-refractivity contribution in [1.82, 2.24) is 4.90 Å². The first-order valence-electron chi connectivity index (χ1n) is 12.6. The maximum atomic E-state index is 5.70. The number of hydrogen-bond acceptors (Lipinski definition) is 2. The number of hydrogen-bond donors (Lipinski definition) is 0. The Morgan fingerprint density at radius 1 is 0.630 bits per heavy atom. The van der Waals surface area contributed by atoms with Gasteiger partial charge in [-0.05, 0) is 0 Å². The first kappa shape index (κ1) is 8.56. The molecule has 8 unspecified atom stereocenters. The van der Waals surface area contributed by atoms with Crippen LogP contribution >= 0.6 is 0 Å². The van der Waals surface area contributed by atoms with Crippen LogP contribution in [0.2, 0.25) is 91.0 Å². The summed E-state index contributed by atoms with van der Waals surface area (Å²) in [5.41, 5.74) is 0. The van der Waals surface area contributed by atoms with Crippen LogP contribution in [0.15, 0.2) is 4.99 Å². The Morgan fingerprint density at radius 3 is 1.44 bits per heavy atom. The van der Waals surface area contributed by atoms with Crippen LogP contribution in [0.4, 0.5) is 0 Å². The Hall–Kier alpha value is 0.509. The molecule has 27 heavy (non-hydrogen) atoms. The van der Waals surface area contributed by atoms with Gasteiger partial charge in [-0.3, -0.25) is 0 Å². The summed E-state index contributed by atoms with van der Waals surface area (Å²) < 4.78 is 1.99. The van der Waals surface area contributed by atoms with Crippen molar-refractivity contribution < 1.29 is 13.0 Å². The van der Waals surface area contributed by atoms with Crippen molar-refractivity contribution in [3.05, 3.63) is 0 Å². The van der Waals surface area contributed by atoms with E-state index in [1.807, 2.05) is 5.84 Å². The van der Waals surface area contributed by atoms with E-state index in [0.717, 1.165) is 8.75 Å². The molecule has 8 atom stereocenters. The van der Waals surface area contributed by atoms with Gasteiger partial charge in [-0.1, -0.05) is 0 Å². The molecule has 2 spiro atoms. The van der Waals surface area contributed by atoms with Crippen molar-refractivity contribution >= 4 is 5.84 Å². The second kappa shape index (κ2) is 0.630. The fourth-order valence-electron chi connectivity index (χ4n) is 34.7. The van der Waals surface area contributed by atoms with Crippen LogP contribution in [-0.2, 0) is 13.0 Å². The predicted octanol–water partition coefficient (Wildman–Crippen LogP) is 5.76. The third kappa shape index (κ3) is 0.0792. The topological polar surface area (TPSA) is 15.6 Å². The standard InChI is InChI=1S/C13H12N2.2C5H5.2Fe/c1-2-6-11(5-1)13-14-9-10-15(13)12-7-3-4-8-12;2*1-2-4-5-3-1;;/h1-8H,9-10H2;2*1-5H;;. The van der Waals surface area contributed by atoms with Gasteiger partial charge >= 0.3 is 137 Å². The van der Waals surface area contributed by atoms with Gasteiger partial charge in [-0.15, -0.1) is 0 Å². The van der Waals surface area contributed by atoms with Crippen LogP contribution < -0.4 is 0 Å². The van der Waals surface area contributed by atoms with Gasteiger partial charge in [-0.25, -0.2) is 0 Å². The SMILES string of the molecule is C1CN([C]23[CH]4[CH]5[CH]6[CH]2[Fe]56432789[CH]3[CH]2[CH]7[CH]8[CH]39)C([C]23[CH]4[CH]5[CH]6[CH]2[Fe]56432789[CH]3[CH]2[CH]7[CH]8[CH]39)=N1. The van der Waals surface area contributed by atoms with Crippen LogP contribution in [-0.4, -0.2) is 28.3 Å². The molecule has 0 aromatic carbocycles. The van der Waals surface area contributed by atoms with Crippen LogP contribution in [0.25, 0.3) is 0 Å². The van der Waals surface area contributed by atoms with Gasteiger partial charge in [0.2, 0.25) is 0 Å². The van der Waals surface area contributed by atoms with E-state index in [1.165, 1.54) is 99.8 Å². The Balaban J connectivity index is 1.06. The van der Waals surface area contributed by atoms with E-state index in [9.17, 15) is 0 Å². The summed E-state index contributed by atoms with van der Waals surface area (Å²) in [5, 5.41) is 0. The molecule has 0 amide bonds. The van der Waals surface area contributed by atoms with Crippen LogP contribution in [0.1, 0.15) is 0 Å². The molecule has 0 radical (unpaired) electrons. The third-order valence-corrected chi connectivity index (χ3v) is 115. The van der Waals surface area contributed by atoms with Crippen molar-refractivity contribution in [2.24, 2.45) is 4.99 Å². The quantitative estimate of drug-likeness (QED) is 0.501. The molecule has 0 saturated carbocycles. The van der Waals surface area contributed by atoms with Crippen molar-refractivity contribution in [3.8, 4) is 0 Å². The van der Waals surface area contributed by atoms with Crippen LogP contribution in [0, 0.1) is 0 Å². The van der Waals surface area contributed by atoms with Crippen LogP contribution in [0.3, 0.4) is 0 Å². The average molecular weight is 438 g/mol. The summed E-state index contributed by atoms with van der Waals surface area (Å²) in [5.74, 6) is 2.03. The fraction of sp³-hybridized carbons (Fsp3) is 0.957. The Bertz CT molecular complexity index is 2040. The number of aliphatic imine (C=N–C) groups is 1. The number of amidine groups is 1. The van der Waals surface area contributed by atoms with E-state index < -0.39 is 13.0 Å². The minimum absolute atomic E-state index is 0.983. The normalized spacial score (nSPS) is 151. The average Bonchev–Trinajstić information content (AvgIpc) is 3.62. The van der Waals surface area contributed by atoms with E-state index in [4.69, 9.17) is 4.99 Å². The molecule has 2 nitrogen and oxygen atoms in total. The van der Waals surface area contributed by atoms with E-state index in [-0.39, 0.29) is 0 Å². The predicted molar refractivity (Wildman–Crippen MR) is 91.9 cm³/mol. The summed E-state index contributed by atoms with van der Waals surface area (Å²) in [6.07, 6.45) is 0. The number of fused-ring (bicyclic) bond motifs is 20. The van der Waals surface area contributed by atoms with Gasteiger partial charge in [0.05, 0.1) is 0 Å². The van der Waals surface area contributed by atoms with Gasteiger partial charge in [0, 0.05) is 0 Å². The Morgan fingerprint density at radius 2 is 1.11 bits per heavy atom. The zero-order valence-corrected chi connectivity index (χ0v) is 17.1. The van der Waals surface area contributed by atoms with E-state index in [0.29, 0.717) is 0 Å². The molecule has 21 heterocycles. The number of rotatable bonds is 2. The Kier molecular flexibility index (Phi) is 0.200. The van der Waals surface area contributed by atoms with Gasteiger partial charge in [0.1, 0.15) is 0 Å². The van der Waals surface area contributed by atoms with Crippen LogP contribution in [0.5, 0.6) is 0 Å². The monoisotopic (exact) mass is 438 g/mol. The zero-order valence-electron chi connectivity index (χ0n) is 14.9. The molecule has 0 aromatic heterocycles. The second-order valence-corrected chi connectivity index (χ2v) is 67.8. The van der Waals surface area contributed by atoms with Gasteiger partial charge < -0.3 is 0 Å². The van der Waals surface area contributed by atoms with E-state index >= 15 is 0 Å². The molecule has 0 N–H and O–H groups in total. The van der Waals surface area contributed by atoms with E-state index in [1.54, 1.807) is 0 Å². The first-order chi connectivity index (χ1) is 12.8. The van der Waals surface area contributed by atoms with Gasteiger partial charge in [-0.2, -0.15) is 0 Å². The summed E-state index contributed by atoms with van der Waals surface area (Å²) in [6, 6.07) is 0. The maximum absolute atomic E-state index is 5.70.